The molecule has 0 amide bonds. The Kier molecular flexibility index (Phi) is 4.86. The molecule has 0 saturated carbocycles. The van der Waals surface area contributed by atoms with Crippen molar-refractivity contribution in [2.24, 2.45) is 0 Å². The molecule has 0 radical (unpaired) electrons. The van der Waals surface area contributed by atoms with E-state index in [1.54, 1.807) is 18.2 Å². The van der Waals surface area contributed by atoms with E-state index >= 15 is 0 Å². The van der Waals surface area contributed by atoms with E-state index in [4.69, 9.17) is 21.1 Å². The summed E-state index contributed by atoms with van der Waals surface area (Å²) in [5.74, 6) is 0.745. The van der Waals surface area contributed by atoms with Crippen LogP contribution in [0.3, 0.4) is 0 Å². The standard InChI is InChI=1S/C17H17ClO3/c1-11-5-4-6-16(13(11)3)20-10-17(19)21-15-8-7-14(18)9-12(15)2/h4-9H,10H2,1-3H3. The highest BCUT2D eigenvalue weighted by Gasteiger charge is 2.10. The third-order valence-corrected chi connectivity index (χ3v) is 3.50. The van der Waals surface area contributed by atoms with Gasteiger partial charge in [-0.2, -0.15) is 0 Å². The van der Waals surface area contributed by atoms with Crippen LogP contribution in [0.2, 0.25) is 5.02 Å². The average molecular weight is 305 g/mol. The highest BCUT2D eigenvalue weighted by atomic mass is 35.5. The van der Waals surface area contributed by atoms with E-state index in [-0.39, 0.29) is 6.61 Å². The third-order valence-electron chi connectivity index (χ3n) is 3.26. The van der Waals surface area contributed by atoms with Crippen LogP contribution in [-0.4, -0.2) is 12.6 Å². The van der Waals surface area contributed by atoms with Crippen LogP contribution in [0, 0.1) is 20.8 Å². The van der Waals surface area contributed by atoms with E-state index in [2.05, 4.69) is 0 Å². The molecule has 0 bridgehead atoms. The van der Waals surface area contributed by atoms with Crippen LogP contribution < -0.4 is 9.47 Å². The lowest BCUT2D eigenvalue weighted by Crippen LogP contribution is -2.18. The Morgan fingerprint density at radius 2 is 1.81 bits per heavy atom. The topological polar surface area (TPSA) is 35.5 Å². The maximum Gasteiger partial charge on any atom is 0.349 e. The summed E-state index contributed by atoms with van der Waals surface area (Å²) in [6.45, 7) is 5.66. The number of ether oxygens (including phenoxy) is 2. The summed E-state index contributed by atoms with van der Waals surface area (Å²) in [6.07, 6.45) is 0. The normalized spacial score (nSPS) is 10.3. The van der Waals surface area contributed by atoms with E-state index in [0.717, 1.165) is 16.7 Å². The molecule has 2 aromatic rings. The van der Waals surface area contributed by atoms with Crippen LogP contribution in [0.25, 0.3) is 0 Å². The molecule has 4 heteroatoms. The molecule has 0 unspecified atom stereocenters. The number of aryl methyl sites for hydroxylation is 2. The van der Waals surface area contributed by atoms with Crippen molar-refractivity contribution in [1.29, 1.82) is 0 Å². The van der Waals surface area contributed by atoms with E-state index in [1.807, 2.05) is 39.0 Å². The fourth-order valence-corrected chi connectivity index (χ4v) is 2.12. The first kappa shape index (κ1) is 15.4. The molecule has 0 fully saturated rings. The maximum atomic E-state index is 11.8. The Hall–Kier alpha value is -2.00. The van der Waals surface area contributed by atoms with E-state index in [1.165, 1.54) is 0 Å². The molecule has 0 aliphatic heterocycles. The third kappa shape index (κ3) is 3.99. The molecule has 0 aliphatic rings. The molecule has 0 atom stereocenters. The smallest absolute Gasteiger partial charge is 0.349 e. The summed E-state index contributed by atoms with van der Waals surface area (Å²) < 4.78 is 10.8. The molecule has 0 saturated heterocycles. The first-order valence-corrected chi connectivity index (χ1v) is 7.01. The molecule has 110 valence electrons. The number of rotatable bonds is 4. The van der Waals surface area contributed by atoms with Crippen LogP contribution in [0.5, 0.6) is 11.5 Å². The van der Waals surface area contributed by atoms with Gasteiger partial charge in [0.2, 0.25) is 0 Å². The summed E-state index contributed by atoms with van der Waals surface area (Å²) in [5.41, 5.74) is 2.95. The first-order valence-electron chi connectivity index (χ1n) is 6.63. The van der Waals surface area contributed by atoms with Gasteiger partial charge in [0.1, 0.15) is 11.5 Å². The average Bonchev–Trinajstić information content (AvgIpc) is 2.43. The van der Waals surface area contributed by atoms with Gasteiger partial charge in [-0.25, -0.2) is 4.79 Å². The number of carbonyl (C=O) groups is 1. The van der Waals surface area contributed by atoms with Crippen molar-refractivity contribution in [3.63, 3.8) is 0 Å². The zero-order valence-corrected chi connectivity index (χ0v) is 13.0. The SMILES string of the molecule is Cc1cc(Cl)ccc1OC(=O)COc1cccc(C)c1C. The van der Waals surface area contributed by atoms with Crippen molar-refractivity contribution in [3.8, 4) is 11.5 Å². The molecular formula is C17H17ClO3. The molecule has 2 rings (SSSR count). The summed E-state index contributed by atoms with van der Waals surface area (Å²) in [7, 11) is 0. The molecule has 3 nitrogen and oxygen atoms in total. The summed E-state index contributed by atoms with van der Waals surface area (Å²) >= 11 is 5.86. The monoisotopic (exact) mass is 304 g/mol. The number of hydrogen-bond acceptors (Lipinski definition) is 3. The Labute approximate surface area is 129 Å². The number of carbonyl (C=O) groups excluding carboxylic acids is 1. The molecule has 0 aromatic heterocycles. The molecule has 0 heterocycles. The minimum Gasteiger partial charge on any atom is -0.482 e. The number of halogens is 1. The van der Waals surface area contributed by atoms with Gasteiger partial charge >= 0.3 is 5.97 Å². The molecule has 0 aliphatic carbocycles. The Morgan fingerprint density at radius 3 is 2.52 bits per heavy atom. The van der Waals surface area contributed by atoms with Crippen LogP contribution in [0.4, 0.5) is 0 Å². The van der Waals surface area contributed by atoms with Crippen molar-refractivity contribution in [3.05, 3.63) is 58.1 Å². The summed E-state index contributed by atoms with van der Waals surface area (Å²) in [5, 5.41) is 0.610. The second-order valence-corrected chi connectivity index (χ2v) is 5.31. The zero-order valence-electron chi connectivity index (χ0n) is 12.3. The highest BCUT2D eigenvalue weighted by Crippen LogP contribution is 2.23. The second kappa shape index (κ2) is 6.64. The molecular weight excluding hydrogens is 288 g/mol. The van der Waals surface area contributed by atoms with Crippen LogP contribution in [-0.2, 0) is 4.79 Å². The number of hydrogen-bond donors (Lipinski definition) is 0. The van der Waals surface area contributed by atoms with Crippen LogP contribution >= 0.6 is 11.6 Å². The summed E-state index contributed by atoms with van der Waals surface area (Å²) in [4.78, 5) is 11.8. The number of esters is 1. The van der Waals surface area contributed by atoms with Gasteiger partial charge in [-0.05, 0) is 61.7 Å². The lowest BCUT2D eigenvalue weighted by atomic mass is 10.1. The van der Waals surface area contributed by atoms with Gasteiger partial charge in [-0.15, -0.1) is 0 Å². The Morgan fingerprint density at radius 1 is 1.05 bits per heavy atom. The number of benzene rings is 2. The second-order valence-electron chi connectivity index (χ2n) is 4.87. The first-order chi connectivity index (χ1) is 9.97. The van der Waals surface area contributed by atoms with E-state index < -0.39 is 5.97 Å². The van der Waals surface area contributed by atoms with Gasteiger partial charge < -0.3 is 9.47 Å². The van der Waals surface area contributed by atoms with Crippen LogP contribution in [0.1, 0.15) is 16.7 Å². The lowest BCUT2D eigenvalue weighted by Gasteiger charge is -2.11. The maximum absolute atomic E-state index is 11.8. The largest absolute Gasteiger partial charge is 0.482 e. The quantitative estimate of drug-likeness (QED) is 0.626. The molecule has 0 N–H and O–H groups in total. The predicted molar refractivity (Wildman–Crippen MR) is 83.2 cm³/mol. The fourth-order valence-electron chi connectivity index (χ4n) is 1.90. The minimum atomic E-state index is -0.443. The van der Waals surface area contributed by atoms with Crippen molar-refractivity contribution in [1.82, 2.24) is 0 Å². The minimum absolute atomic E-state index is 0.133. The molecule has 0 spiro atoms. The van der Waals surface area contributed by atoms with Crippen LogP contribution in [0.15, 0.2) is 36.4 Å². The van der Waals surface area contributed by atoms with Gasteiger partial charge in [-0.1, -0.05) is 23.7 Å². The Bertz CT molecular complexity index is 665. The van der Waals surface area contributed by atoms with Gasteiger partial charge in [0, 0.05) is 5.02 Å². The molecule has 2 aromatic carbocycles. The summed E-state index contributed by atoms with van der Waals surface area (Å²) in [6, 6.07) is 10.8. The lowest BCUT2D eigenvalue weighted by molar-refractivity contribution is -0.136. The fraction of sp³-hybridized carbons (Fsp3) is 0.235. The Balaban J connectivity index is 1.97. The van der Waals surface area contributed by atoms with Crippen molar-refractivity contribution < 1.29 is 14.3 Å². The van der Waals surface area contributed by atoms with Crippen molar-refractivity contribution >= 4 is 17.6 Å². The van der Waals surface area contributed by atoms with E-state index in [0.29, 0.717) is 16.5 Å². The predicted octanol–water partition coefficient (Wildman–Crippen LogP) is 4.25. The van der Waals surface area contributed by atoms with Gasteiger partial charge in [0.05, 0.1) is 0 Å². The molecule has 21 heavy (non-hydrogen) atoms. The van der Waals surface area contributed by atoms with Gasteiger partial charge in [-0.3, -0.25) is 0 Å². The van der Waals surface area contributed by atoms with E-state index in [9.17, 15) is 4.79 Å². The van der Waals surface area contributed by atoms with Gasteiger partial charge in [0.25, 0.3) is 0 Å². The van der Waals surface area contributed by atoms with Crippen molar-refractivity contribution in [2.75, 3.05) is 6.61 Å². The van der Waals surface area contributed by atoms with Crippen molar-refractivity contribution in [2.45, 2.75) is 20.8 Å². The highest BCUT2D eigenvalue weighted by molar-refractivity contribution is 6.30. The van der Waals surface area contributed by atoms with Gasteiger partial charge in [0.15, 0.2) is 6.61 Å². The zero-order chi connectivity index (χ0) is 15.4.